The number of anilines is 1. The predicted octanol–water partition coefficient (Wildman–Crippen LogP) is 3.78. The van der Waals surface area contributed by atoms with Crippen LogP contribution in [0.3, 0.4) is 0 Å². The molecular formula is C18H17F2N3O3S2. The average molecular weight is 425 g/mol. The third-order valence-corrected chi connectivity index (χ3v) is 6.38. The first-order valence-corrected chi connectivity index (χ1v) is 10.9. The van der Waals surface area contributed by atoms with Crippen LogP contribution in [-0.2, 0) is 21.2 Å². The van der Waals surface area contributed by atoms with E-state index in [2.05, 4.69) is 10.3 Å². The molecule has 0 aliphatic rings. The number of nitrogens with zero attached hydrogens (tertiary/aromatic N) is 2. The van der Waals surface area contributed by atoms with Crippen LogP contribution >= 0.6 is 11.8 Å². The van der Waals surface area contributed by atoms with E-state index >= 15 is 0 Å². The summed E-state index contributed by atoms with van der Waals surface area (Å²) in [7, 11) is -4.82. The monoisotopic (exact) mass is 425 g/mol. The number of fused-ring (bicyclic) bond motifs is 1. The van der Waals surface area contributed by atoms with E-state index in [0.29, 0.717) is 11.7 Å². The van der Waals surface area contributed by atoms with E-state index in [-0.39, 0.29) is 11.4 Å². The Bertz CT molecular complexity index is 1110. The van der Waals surface area contributed by atoms with Gasteiger partial charge in [-0.2, -0.15) is 8.78 Å². The topological polar surface area (TPSA) is 81.1 Å². The number of hydrogen-bond acceptors (Lipinski definition) is 5. The van der Waals surface area contributed by atoms with Crippen molar-refractivity contribution in [2.45, 2.75) is 29.3 Å². The number of aryl methyl sites for hydroxylation is 1. The minimum atomic E-state index is -4.82. The third kappa shape index (κ3) is 4.02. The summed E-state index contributed by atoms with van der Waals surface area (Å²) < 4.78 is 51.2. The Morgan fingerprint density at radius 3 is 2.57 bits per heavy atom. The molecule has 28 heavy (non-hydrogen) atoms. The van der Waals surface area contributed by atoms with Crippen molar-refractivity contribution in [3.8, 4) is 0 Å². The number of carbonyl (C=O) groups excluding carboxylic acids is 1. The van der Waals surface area contributed by atoms with Gasteiger partial charge in [0.15, 0.2) is 5.16 Å². The van der Waals surface area contributed by atoms with Crippen molar-refractivity contribution in [3.63, 3.8) is 0 Å². The Morgan fingerprint density at radius 1 is 1.18 bits per heavy atom. The molecular weight excluding hydrogens is 408 g/mol. The van der Waals surface area contributed by atoms with Crippen LogP contribution in [-0.4, -0.2) is 35.4 Å². The molecule has 1 amide bonds. The van der Waals surface area contributed by atoms with Gasteiger partial charge in [-0.05, 0) is 31.2 Å². The zero-order valence-corrected chi connectivity index (χ0v) is 16.4. The Kier molecular flexibility index (Phi) is 5.99. The van der Waals surface area contributed by atoms with Crippen LogP contribution in [0.4, 0.5) is 14.5 Å². The summed E-state index contributed by atoms with van der Waals surface area (Å²) in [6.45, 7) is 2.63. The van der Waals surface area contributed by atoms with E-state index in [0.717, 1.165) is 17.1 Å². The number of aromatic nitrogens is 2. The Hall–Kier alpha value is -2.46. The van der Waals surface area contributed by atoms with Crippen LogP contribution in [0.15, 0.2) is 58.6 Å². The number of sulfone groups is 1. The van der Waals surface area contributed by atoms with Gasteiger partial charge >= 0.3 is 5.76 Å². The third-order valence-electron chi connectivity index (χ3n) is 3.97. The summed E-state index contributed by atoms with van der Waals surface area (Å²) >= 11 is 1.19. The number of amides is 1. The molecule has 0 aliphatic heterocycles. The molecule has 0 spiro atoms. The number of rotatable bonds is 7. The number of halogens is 2. The van der Waals surface area contributed by atoms with Gasteiger partial charge in [0.2, 0.25) is 15.7 Å². The second-order valence-electron chi connectivity index (χ2n) is 5.77. The molecule has 3 aromatic rings. The van der Waals surface area contributed by atoms with Crippen molar-refractivity contribution in [2.75, 3.05) is 11.1 Å². The van der Waals surface area contributed by atoms with E-state index in [1.807, 2.05) is 35.8 Å². The fraction of sp³-hybridized carbons (Fsp3) is 0.222. The number of imidazole rings is 1. The van der Waals surface area contributed by atoms with Gasteiger partial charge in [-0.3, -0.25) is 4.79 Å². The number of carbonyl (C=O) groups is 1. The van der Waals surface area contributed by atoms with Gasteiger partial charge in [0, 0.05) is 6.54 Å². The highest BCUT2D eigenvalue weighted by Crippen LogP contribution is 2.27. The van der Waals surface area contributed by atoms with E-state index in [9.17, 15) is 22.0 Å². The molecule has 0 aliphatic carbocycles. The maximum absolute atomic E-state index is 12.9. The van der Waals surface area contributed by atoms with Gasteiger partial charge in [0.05, 0.1) is 27.4 Å². The Morgan fingerprint density at radius 2 is 1.86 bits per heavy atom. The molecule has 0 unspecified atom stereocenters. The number of benzene rings is 2. The second-order valence-corrected chi connectivity index (χ2v) is 8.59. The molecule has 148 valence electrons. The van der Waals surface area contributed by atoms with Gasteiger partial charge < -0.3 is 9.88 Å². The molecule has 0 saturated carbocycles. The lowest BCUT2D eigenvalue weighted by Gasteiger charge is -2.11. The Balaban J connectivity index is 1.76. The number of thioether (sulfide) groups is 1. The molecule has 2 aromatic carbocycles. The van der Waals surface area contributed by atoms with Crippen molar-refractivity contribution in [2.24, 2.45) is 0 Å². The fourth-order valence-corrected chi connectivity index (χ4v) is 4.46. The summed E-state index contributed by atoms with van der Waals surface area (Å²) in [5, 5.41) is 3.05. The molecule has 3 rings (SSSR count). The smallest absolute Gasteiger partial charge is 0.324 e. The van der Waals surface area contributed by atoms with Gasteiger partial charge in [0.25, 0.3) is 0 Å². The summed E-state index contributed by atoms with van der Waals surface area (Å²) in [4.78, 5) is 16.2. The first-order valence-electron chi connectivity index (χ1n) is 8.33. The fourth-order valence-electron chi connectivity index (χ4n) is 2.70. The average Bonchev–Trinajstić information content (AvgIpc) is 3.04. The molecule has 10 heteroatoms. The quantitative estimate of drug-likeness (QED) is 0.583. The van der Waals surface area contributed by atoms with E-state index in [1.54, 1.807) is 0 Å². The molecule has 1 aromatic heterocycles. The highest BCUT2D eigenvalue weighted by Gasteiger charge is 2.29. The molecule has 1 heterocycles. The van der Waals surface area contributed by atoms with Crippen LogP contribution in [0.2, 0.25) is 0 Å². The van der Waals surface area contributed by atoms with Crippen molar-refractivity contribution in [1.82, 2.24) is 9.55 Å². The predicted molar refractivity (Wildman–Crippen MR) is 104 cm³/mol. The molecule has 6 nitrogen and oxygen atoms in total. The van der Waals surface area contributed by atoms with Crippen LogP contribution < -0.4 is 5.32 Å². The lowest BCUT2D eigenvalue weighted by Crippen LogP contribution is -2.19. The molecule has 0 saturated heterocycles. The Labute approximate surface area is 164 Å². The maximum Gasteiger partial charge on any atom is 0.341 e. The van der Waals surface area contributed by atoms with Crippen LogP contribution in [0.25, 0.3) is 11.0 Å². The van der Waals surface area contributed by atoms with Crippen molar-refractivity contribution in [3.05, 3.63) is 48.5 Å². The molecule has 0 atom stereocenters. The normalized spacial score (nSPS) is 11.9. The summed E-state index contributed by atoms with van der Waals surface area (Å²) in [6.07, 6.45) is 0. The van der Waals surface area contributed by atoms with Gasteiger partial charge in [-0.1, -0.05) is 36.0 Å². The molecule has 1 N–H and O–H groups in total. The highest BCUT2D eigenvalue weighted by atomic mass is 32.2. The summed E-state index contributed by atoms with van der Waals surface area (Å²) in [6, 6.07) is 12.7. The number of nitrogens with one attached hydrogen (secondary N) is 1. The van der Waals surface area contributed by atoms with E-state index in [4.69, 9.17) is 0 Å². The van der Waals surface area contributed by atoms with E-state index < -0.39 is 26.4 Å². The molecule has 0 bridgehead atoms. The first-order chi connectivity index (χ1) is 13.3. The lowest BCUT2D eigenvalue weighted by atomic mass is 10.3. The first kappa shape index (κ1) is 20.3. The number of alkyl halides is 2. The zero-order chi connectivity index (χ0) is 20.3. The van der Waals surface area contributed by atoms with Crippen molar-refractivity contribution < 1.29 is 22.0 Å². The largest absolute Gasteiger partial charge is 0.341 e. The summed E-state index contributed by atoms with van der Waals surface area (Å²) in [5.41, 5.74) is 1.58. The minimum Gasteiger partial charge on any atom is -0.324 e. The molecule has 0 fully saturated rings. The van der Waals surface area contributed by atoms with Crippen LogP contribution in [0.5, 0.6) is 0 Å². The van der Waals surface area contributed by atoms with Gasteiger partial charge in [0.1, 0.15) is 0 Å². The number of hydrogen-bond donors (Lipinski definition) is 1. The van der Waals surface area contributed by atoms with Gasteiger partial charge in [-0.25, -0.2) is 13.4 Å². The highest BCUT2D eigenvalue weighted by molar-refractivity contribution is 7.99. The van der Waals surface area contributed by atoms with Crippen LogP contribution in [0, 0.1) is 0 Å². The summed E-state index contributed by atoms with van der Waals surface area (Å²) in [5.74, 6) is -4.13. The second kappa shape index (κ2) is 8.27. The standard InChI is InChI=1S/C18H17F2N3O3S2/c1-2-23-14-9-5-3-7-12(14)22-18(23)27-11-16(24)21-13-8-4-6-10-15(13)28(25,26)17(19)20/h3-10,17H,2,11H2,1H3,(H,21,24). The van der Waals surface area contributed by atoms with Crippen molar-refractivity contribution in [1.29, 1.82) is 0 Å². The van der Waals surface area contributed by atoms with Crippen molar-refractivity contribution >= 4 is 44.2 Å². The minimum absolute atomic E-state index is 0.0492. The number of para-hydroxylation sites is 3. The van der Waals surface area contributed by atoms with Gasteiger partial charge in [-0.15, -0.1) is 0 Å². The SMILES string of the molecule is CCn1c(SCC(=O)Nc2ccccc2S(=O)(=O)C(F)F)nc2ccccc21. The molecule has 0 radical (unpaired) electrons. The maximum atomic E-state index is 12.9. The van der Waals surface area contributed by atoms with Crippen LogP contribution in [0.1, 0.15) is 6.92 Å². The van der Waals surface area contributed by atoms with E-state index in [1.165, 1.54) is 30.0 Å². The zero-order valence-electron chi connectivity index (χ0n) is 14.8. The lowest BCUT2D eigenvalue weighted by molar-refractivity contribution is -0.113.